The zero-order valence-electron chi connectivity index (χ0n) is 14.7. The molecule has 0 saturated carbocycles. The first-order chi connectivity index (χ1) is 12.8. The molecule has 142 valence electrons. The molecule has 0 fully saturated rings. The molecule has 0 saturated heterocycles. The Morgan fingerprint density at radius 3 is 2.67 bits per heavy atom. The van der Waals surface area contributed by atoms with E-state index in [1.165, 1.54) is 18.2 Å². The number of pyridine rings is 1. The number of anilines is 3. The molecule has 0 radical (unpaired) electrons. The molecule has 1 atom stereocenters. The number of hydrogen-bond donors (Lipinski definition) is 1. The highest BCUT2D eigenvalue weighted by Crippen LogP contribution is 2.38. The van der Waals surface area contributed by atoms with E-state index in [1.54, 1.807) is 12.3 Å². The number of hydrogen-bond acceptors (Lipinski definition) is 4. The van der Waals surface area contributed by atoms with Gasteiger partial charge in [-0.1, -0.05) is 6.58 Å². The number of benzene rings is 1. The highest BCUT2D eigenvalue weighted by molar-refractivity contribution is 5.87. The second kappa shape index (κ2) is 7.30. The average Bonchev–Trinajstić information content (AvgIpc) is 2.67. The molecule has 1 aromatic carbocycles. The van der Waals surface area contributed by atoms with E-state index >= 15 is 0 Å². The SMILES string of the molecule is C=CC(=O)NCC1CN(c2ccc(C(F)(F)F)cc2)c2cccnc2N1C. The highest BCUT2D eigenvalue weighted by Gasteiger charge is 2.32. The summed E-state index contributed by atoms with van der Waals surface area (Å²) in [6.45, 7) is 4.27. The van der Waals surface area contributed by atoms with Crippen LogP contribution in [0.1, 0.15) is 5.56 Å². The third kappa shape index (κ3) is 3.89. The van der Waals surface area contributed by atoms with Crippen molar-refractivity contribution in [2.75, 3.05) is 29.9 Å². The van der Waals surface area contributed by atoms with Gasteiger partial charge in [0.05, 0.1) is 17.3 Å². The Bertz CT molecular complexity index is 836. The predicted octanol–water partition coefficient (Wildman–Crippen LogP) is 3.36. The van der Waals surface area contributed by atoms with Crippen molar-refractivity contribution in [1.29, 1.82) is 0 Å². The lowest BCUT2D eigenvalue weighted by Gasteiger charge is -2.42. The summed E-state index contributed by atoms with van der Waals surface area (Å²) in [4.78, 5) is 19.8. The molecule has 0 spiro atoms. The van der Waals surface area contributed by atoms with Crippen LogP contribution < -0.4 is 15.1 Å². The first-order valence-electron chi connectivity index (χ1n) is 8.34. The minimum absolute atomic E-state index is 0.112. The molecule has 2 aromatic rings. The van der Waals surface area contributed by atoms with E-state index in [4.69, 9.17) is 0 Å². The van der Waals surface area contributed by atoms with Gasteiger partial charge in [0.15, 0.2) is 5.82 Å². The van der Waals surface area contributed by atoms with Gasteiger partial charge in [-0.25, -0.2) is 4.98 Å². The van der Waals surface area contributed by atoms with Gasteiger partial charge in [0.2, 0.25) is 5.91 Å². The summed E-state index contributed by atoms with van der Waals surface area (Å²) in [7, 11) is 1.88. The van der Waals surface area contributed by atoms with Gasteiger partial charge in [-0.15, -0.1) is 0 Å². The van der Waals surface area contributed by atoms with Crippen molar-refractivity contribution >= 4 is 23.1 Å². The smallest absolute Gasteiger partial charge is 0.351 e. The second-order valence-electron chi connectivity index (χ2n) is 6.22. The van der Waals surface area contributed by atoms with Gasteiger partial charge >= 0.3 is 6.18 Å². The molecule has 1 N–H and O–H groups in total. The number of aromatic nitrogens is 1. The quantitative estimate of drug-likeness (QED) is 0.832. The second-order valence-corrected chi connectivity index (χ2v) is 6.22. The summed E-state index contributed by atoms with van der Waals surface area (Å²) in [5, 5.41) is 2.76. The zero-order chi connectivity index (χ0) is 19.6. The fourth-order valence-electron chi connectivity index (χ4n) is 3.04. The molecule has 8 heteroatoms. The van der Waals surface area contributed by atoms with Crippen molar-refractivity contribution in [1.82, 2.24) is 10.3 Å². The Morgan fingerprint density at radius 2 is 2.04 bits per heavy atom. The molecule has 2 heterocycles. The lowest BCUT2D eigenvalue weighted by atomic mass is 10.1. The van der Waals surface area contributed by atoms with Crippen molar-refractivity contribution in [3.8, 4) is 0 Å². The number of alkyl halides is 3. The lowest BCUT2D eigenvalue weighted by Crippen LogP contribution is -2.51. The van der Waals surface area contributed by atoms with E-state index in [2.05, 4.69) is 16.9 Å². The third-order valence-corrected chi connectivity index (χ3v) is 4.54. The topological polar surface area (TPSA) is 48.5 Å². The Kier molecular flexibility index (Phi) is 5.07. The summed E-state index contributed by atoms with van der Waals surface area (Å²) < 4.78 is 38.5. The Balaban J connectivity index is 1.92. The number of amides is 1. The highest BCUT2D eigenvalue weighted by atomic mass is 19.4. The fourth-order valence-corrected chi connectivity index (χ4v) is 3.04. The maximum Gasteiger partial charge on any atom is 0.416 e. The van der Waals surface area contributed by atoms with Crippen LogP contribution in [-0.4, -0.2) is 37.1 Å². The van der Waals surface area contributed by atoms with Crippen LogP contribution >= 0.6 is 0 Å². The maximum absolute atomic E-state index is 12.8. The Labute approximate surface area is 155 Å². The summed E-state index contributed by atoms with van der Waals surface area (Å²) >= 11 is 0. The predicted molar refractivity (Wildman–Crippen MR) is 98.1 cm³/mol. The molecule has 1 aliphatic heterocycles. The number of rotatable bonds is 4. The van der Waals surface area contributed by atoms with Crippen molar-refractivity contribution < 1.29 is 18.0 Å². The van der Waals surface area contributed by atoms with E-state index in [1.807, 2.05) is 22.9 Å². The molecule has 3 rings (SSSR count). The van der Waals surface area contributed by atoms with Crippen molar-refractivity contribution in [3.05, 3.63) is 60.8 Å². The van der Waals surface area contributed by atoms with Crippen LogP contribution in [0.15, 0.2) is 55.3 Å². The molecule has 0 aliphatic carbocycles. The van der Waals surface area contributed by atoms with Crippen LogP contribution in [-0.2, 0) is 11.0 Å². The van der Waals surface area contributed by atoms with Crippen LogP contribution in [0.5, 0.6) is 0 Å². The van der Waals surface area contributed by atoms with Gasteiger partial charge in [0, 0.05) is 32.0 Å². The van der Waals surface area contributed by atoms with Gasteiger partial charge in [-0.2, -0.15) is 13.2 Å². The first-order valence-corrected chi connectivity index (χ1v) is 8.34. The summed E-state index contributed by atoms with van der Waals surface area (Å²) in [6.07, 6.45) is -1.52. The maximum atomic E-state index is 12.8. The normalized spacial score (nSPS) is 16.7. The molecule has 1 amide bonds. The molecule has 5 nitrogen and oxygen atoms in total. The minimum atomic E-state index is -4.38. The largest absolute Gasteiger partial charge is 0.416 e. The zero-order valence-corrected chi connectivity index (χ0v) is 14.7. The molecule has 27 heavy (non-hydrogen) atoms. The van der Waals surface area contributed by atoms with E-state index in [9.17, 15) is 18.0 Å². The van der Waals surface area contributed by atoms with Crippen LogP contribution in [0.2, 0.25) is 0 Å². The summed E-state index contributed by atoms with van der Waals surface area (Å²) in [6, 6.07) is 8.57. The molecule has 1 unspecified atom stereocenters. The lowest BCUT2D eigenvalue weighted by molar-refractivity contribution is -0.137. The molecule has 1 aliphatic rings. The monoisotopic (exact) mass is 376 g/mol. The Hall–Kier alpha value is -3.03. The average molecular weight is 376 g/mol. The van der Waals surface area contributed by atoms with Crippen molar-refractivity contribution in [2.24, 2.45) is 0 Å². The van der Waals surface area contributed by atoms with E-state index in [0.717, 1.165) is 17.8 Å². The first kappa shape index (κ1) is 18.8. The van der Waals surface area contributed by atoms with Crippen molar-refractivity contribution in [2.45, 2.75) is 12.2 Å². The molecule has 0 bridgehead atoms. The number of fused-ring (bicyclic) bond motifs is 1. The van der Waals surface area contributed by atoms with Gasteiger partial charge in [-0.3, -0.25) is 4.79 Å². The van der Waals surface area contributed by atoms with E-state index < -0.39 is 11.7 Å². The van der Waals surface area contributed by atoms with E-state index in [0.29, 0.717) is 24.6 Å². The molecular weight excluding hydrogens is 357 g/mol. The van der Waals surface area contributed by atoms with Crippen LogP contribution in [0.4, 0.5) is 30.4 Å². The molecular formula is C19H19F3N4O. The molecule has 1 aromatic heterocycles. The number of nitrogens with zero attached hydrogens (tertiary/aromatic N) is 3. The number of carbonyl (C=O) groups is 1. The van der Waals surface area contributed by atoms with Gasteiger partial charge in [0.1, 0.15) is 0 Å². The minimum Gasteiger partial charge on any atom is -0.351 e. The number of carbonyl (C=O) groups excluding carboxylic acids is 1. The number of likely N-dealkylation sites (N-methyl/N-ethyl adjacent to an activating group) is 1. The van der Waals surface area contributed by atoms with Crippen LogP contribution in [0, 0.1) is 0 Å². The third-order valence-electron chi connectivity index (χ3n) is 4.54. The van der Waals surface area contributed by atoms with Gasteiger partial charge in [0.25, 0.3) is 0 Å². The van der Waals surface area contributed by atoms with Crippen LogP contribution in [0.25, 0.3) is 0 Å². The fraction of sp³-hybridized carbons (Fsp3) is 0.263. The van der Waals surface area contributed by atoms with E-state index in [-0.39, 0.29) is 11.9 Å². The van der Waals surface area contributed by atoms with Gasteiger partial charge < -0.3 is 15.1 Å². The van der Waals surface area contributed by atoms with Crippen LogP contribution in [0.3, 0.4) is 0 Å². The van der Waals surface area contributed by atoms with Crippen molar-refractivity contribution in [3.63, 3.8) is 0 Å². The van der Waals surface area contributed by atoms with Gasteiger partial charge in [-0.05, 0) is 42.5 Å². The standard InChI is InChI=1S/C19H19F3N4O/c1-3-17(27)24-11-15-12-26(16-5-4-10-23-18(16)25(15)2)14-8-6-13(7-9-14)19(20,21)22/h3-10,15H,1,11-12H2,2H3,(H,24,27). The number of halogens is 3. The number of nitrogens with one attached hydrogen (secondary N) is 1. The Morgan fingerprint density at radius 1 is 1.33 bits per heavy atom. The summed E-state index contributed by atoms with van der Waals surface area (Å²) in [5.74, 6) is 0.415. The summed E-state index contributed by atoms with van der Waals surface area (Å²) in [5.41, 5.74) is 0.734.